The first-order chi connectivity index (χ1) is 9.15. The van der Waals surface area contributed by atoms with Crippen LogP contribution in [0.4, 0.5) is 0 Å². The molecule has 0 aliphatic carbocycles. The molecule has 0 spiro atoms. The molecule has 0 radical (unpaired) electrons. The maximum atomic E-state index is 6.01. The molecule has 0 saturated heterocycles. The highest BCUT2D eigenvalue weighted by Crippen LogP contribution is 2.31. The highest BCUT2D eigenvalue weighted by atomic mass is 127. The number of benzene rings is 1. The van der Waals surface area contributed by atoms with Crippen molar-refractivity contribution in [3.8, 4) is 10.6 Å². The number of aryl methyl sites for hydroxylation is 1. The van der Waals surface area contributed by atoms with Gasteiger partial charge in [-0.2, -0.15) is 0 Å². The summed E-state index contributed by atoms with van der Waals surface area (Å²) in [7, 11) is 0. The number of hydrogen-bond acceptors (Lipinski definition) is 2. The number of thiazole rings is 1. The third-order valence-electron chi connectivity index (χ3n) is 2.85. The van der Waals surface area contributed by atoms with Crippen molar-refractivity contribution < 1.29 is 28.5 Å². The van der Waals surface area contributed by atoms with E-state index in [9.17, 15) is 0 Å². The lowest BCUT2D eigenvalue weighted by Crippen LogP contribution is -3.00. The summed E-state index contributed by atoms with van der Waals surface area (Å²) in [5, 5.41) is 1.77. The van der Waals surface area contributed by atoms with Crippen LogP contribution in [0.3, 0.4) is 0 Å². The van der Waals surface area contributed by atoms with E-state index in [4.69, 9.17) is 11.6 Å². The van der Waals surface area contributed by atoms with Crippen LogP contribution in [-0.2, 0) is 6.54 Å². The van der Waals surface area contributed by atoms with Gasteiger partial charge in [0.05, 0.1) is 20.3 Å². The van der Waals surface area contributed by atoms with Crippen molar-refractivity contribution in [3.05, 3.63) is 46.2 Å². The number of hydrogen-bond donors (Lipinski definition) is 0. The Morgan fingerprint density at radius 3 is 2.85 bits per heavy atom. The first-order valence-electron chi connectivity index (χ1n) is 5.92. The van der Waals surface area contributed by atoms with E-state index in [-0.39, 0.29) is 24.0 Å². The zero-order valence-electron chi connectivity index (χ0n) is 10.6. The molecule has 0 saturated carbocycles. The number of aromatic nitrogens is 2. The summed E-state index contributed by atoms with van der Waals surface area (Å²) in [5.74, 6) is 0. The second-order valence-corrected chi connectivity index (χ2v) is 6.59. The Hall–Kier alpha value is -0.240. The quantitative estimate of drug-likeness (QED) is 0.402. The molecule has 0 fully saturated rings. The smallest absolute Gasteiger partial charge is 0.183 e. The summed E-state index contributed by atoms with van der Waals surface area (Å²) in [6, 6.07) is 7.89. The van der Waals surface area contributed by atoms with Crippen LogP contribution in [0.2, 0.25) is 5.02 Å². The van der Waals surface area contributed by atoms with Crippen molar-refractivity contribution in [2.24, 2.45) is 0 Å². The Balaban J connectivity index is 0.00000147. The van der Waals surface area contributed by atoms with Crippen LogP contribution in [0.1, 0.15) is 6.92 Å². The normalized spacial score (nSPS) is 10.6. The summed E-state index contributed by atoms with van der Waals surface area (Å²) < 4.78 is 4.31. The first kappa shape index (κ1) is 16.1. The molecule has 1 aromatic carbocycles. The number of halogens is 3. The standard InChI is InChI=1S/C14H11BrClN2S.HI/c1-2-18-7-9(5-10(15)8-18)14-17-12-4-3-11(16)6-13(12)19-14;/h3-8H,2H2,1H3;1H/q+1;/p-1. The van der Waals surface area contributed by atoms with Crippen LogP contribution in [-0.4, -0.2) is 4.98 Å². The van der Waals surface area contributed by atoms with Crippen molar-refractivity contribution in [2.45, 2.75) is 13.5 Å². The molecule has 6 heteroatoms. The fourth-order valence-corrected chi connectivity index (χ4v) is 3.65. The largest absolute Gasteiger partial charge is 1.00 e. The summed E-state index contributed by atoms with van der Waals surface area (Å²) in [5.41, 5.74) is 2.11. The maximum Gasteiger partial charge on any atom is 0.183 e. The Bertz CT molecular complexity index is 760. The highest BCUT2D eigenvalue weighted by Gasteiger charge is 2.11. The molecule has 0 unspecified atom stereocenters. The second kappa shape index (κ2) is 6.68. The number of rotatable bonds is 2. The van der Waals surface area contributed by atoms with Crippen molar-refractivity contribution in [3.63, 3.8) is 0 Å². The van der Waals surface area contributed by atoms with Crippen molar-refractivity contribution in [1.82, 2.24) is 4.98 Å². The Morgan fingerprint density at radius 1 is 1.30 bits per heavy atom. The molecule has 2 heterocycles. The van der Waals surface area contributed by atoms with Crippen molar-refractivity contribution in [1.29, 1.82) is 0 Å². The Morgan fingerprint density at radius 2 is 2.10 bits per heavy atom. The van der Waals surface area contributed by atoms with Crippen LogP contribution in [0.5, 0.6) is 0 Å². The lowest BCUT2D eigenvalue weighted by Gasteiger charge is -1.97. The van der Waals surface area contributed by atoms with Crippen LogP contribution >= 0.6 is 38.9 Å². The zero-order chi connectivity index (χ0) is 13.4. The Labute approximate surface area is 152 Å². The molecule has 20 heavy (non-hydrogen) atoms. The molecule has 3 rings (SSSR count). The number of nitrogens with zero attached hydrogens (tertiary/aromatic N) is 2. The number of pyridine rings is 1. The lowest BCUT2D eigenvalue weighted by atomic mass is 10.3. The van der Waals surface area contributed by atoms with E-state index in [0.717, 1.165) is 36.8 Å². The summed E-state index contributed by atoms with van der Waals surface area (Å²) >= 11 is 11.2. The van der Waals surface area contributed by atoms with Crippen LogP contribution in [0.15, 0.2) is 41.1 Å². The fraction of sp³-hybridized carbons (Fsp3) is 0.143. The van der Waals surface area contributed by atoms with Crippen LogP contribution < -0.4 is 28.5 Å². The molecule has 0 bridgehead atoms. The summed E-state index contributed by atoms with van der Waals surface area (Å²) in [6.45, 7) is 3.05. The van der Waals surface area contributed by atoms with Gasteiger partial charge in [0.15, 0.2) is 12.4 Å². The molecule has 2 nitrogen and oxygen atoms in total. The van der Waals surface area contributed by atoms with Gasteiger partial charge in [-0.15, -0.1) is 11.3 Å². The van der Waals surface area contributed by atoms with E-state index in [1.54, 1.807) is 11.3 Å². The fourth-order valence-electron chi connectivity index (χ4n) is 1.92. The minimum atomic E-state index is 0. The van der Waals surface area contributed by atoms with Gasteiger partial charge in [0.1, 0.15) is 11.6 Å². The van der Waals surface area contributed by atoms with Gasteiger partial charge >= 0.3 is 0 Å². The third kappa shape index (κ3) is 3.32. The Kier molecular flexibility index (Phi) is 5.39. The third-order valence-corrected chi connectivity index (χ3v) is 4.59. The van der Waals surface area contributed by atoms with Gasteiger partial charge in [-0.1, -0.05) is 11.6 Å². The predicted molar refractivity (Wildman–Crippen MR) is 83.6 cm³/mol. The molecule has 2 aromatic heterocycles. The van der Waals surface area contributed by atoms with Gasteiger partial charge in [0.2, 0.25) is 0 Å². The topological polar surface area (TPSA) is 16.8 Å². The SMILES string of the molecule is CC[n+]1cc(Br)cc(-c2nc3ccc(Cl)cc3s2)c1.[I-]. The van der Waals surface area contributed by atoms with E-state index >= 15 is 0 Å². The molecular weight excluding hydrogens is 470 g/mol. The molecular formula is C14H11BrClIN2S. The van der Waals surface area contributed by atoms with Crippen molar-refractivity contribution >= 4 is 49.1 Å². The monoisotopic (exact) mass is 480 g/mol. The predicted octanol–water partition coefficient (Wildman–Crippen LogP) is 1.69. The second-order valence-electron chi connectivity index (χ2n) is 4.20. The minimum absolute atomic E-state index is 0. The number of fused-ring (bicyclic) bond motifs is 1. The van der Waals surface area contributed by atoms with Crippen LogP contribution in [0.25, 0.3) is 20.8 Å². The van der Waals surface area contributed by atoms with E-state index in [1.165, 1.54) is 0 Å². The van der Waals surface area contributed by atoms with Gasteiger partial charge in [0.25, 0.3) is 0 Å². The van der Waals surface area contributed by atoms with Gasteiger partial charge in [-0.05, 0) is 47.1 Å². The molecule has 0 N–H and O–H groups in total. The molecule has 0 aliphatic heterocycles. The van der Waals surface area contributed by atoms with Gasteiger partial charge in [-0.3, -0.25) is 0 Å². The minimum Gasteiger partial charge on any atom is -1.00 e. The highest BCUT2D eigenvalue weighted by molar-refractivity contribution is 9.10. The van der Waals surface area contributed by atoms with E-state index < -0.39 is 0 Å². The molecule has 0 amide bonds. The zero-order valence-corrected chi connectivity index (χ0v) is 15.9. The molecule has 0 aliphatic rings. The summed E-state index contributed by atoms with van der Waals surface area (Å²) in [6.07, 6.45) is 4.18. The first-order valence-corrected chi connectivity index (χ1v) is 7.90. The van der Waals surface area contributed by atoms with Gasteiger partial charge in [0, 0.05) is 5.02 Å². The van der Waals surface area contributed by atoms with Gasteiger partial charge in [-0.25, -0.2) is 9.55 Å². The van der Waals surface area contributed by atoms with Crippen molar-refractivity contribution in [2.75, 3.05) is 0 Å². The van der Waals surface area contributed by atoms with E-state index in [1.807, 2.05) is 18.2 Å². The molecule has 0 atom stereocenters. The van der Waals surface area contributed by atoms with Gasteiger partial charge < -0.3 is 24.0 Å². The summed E-state index contributed by atoms with van der Waals surface area (Å²) in [4.78, 5) is 4.67. The van der Waals surface area contributed by atoms with E-state index in [0.29, 0.717) is 0 Å². The maximum absolute atomic E-state index is 6.01. The average Bonchev–Trinajstić information content (AvgIpc) is 2.80. The lowest BCUT2D eigenvalue weighted by molar-refractivity contribution is -0.693. The molecule has 104 valence electrons. The van der Waals surface area contributed by atoms with E-state index in [2.05, 4.69) is 50.9 Å². The molecule has 3 aromatic rings. The van der Waals surface area contributed by atoms with Crippen LogP contribution in [0, 0.1) is 0 Å². The average molecular weight is 482 g/mol.